The van der Waals surface area contributed by atoms with Gasteiger partial charge in [0, 0.05) is 44.9 Å². The van der Waals surface area contributed by atoms with Gasteiger partial charge in [-0.1, -0.05) is 94.4 Å². The van der Waals surface area contributed by atoms with Gasteiger partial charge >= 0.3 is 0 Å². The quantitative estimate of drug-likeness (QED) is 0.0569. The molecule has 1 aliphatic heterocycles. The lowest BCUT2D eigenvalue weighted by Crippen LogP contribution is -2.51. The van der Waals surface area contributed by atoms with Crippen molar-refractivity contribution >= 4 is 17.3 Å². The van der Waals surface area contributed by atoms with Crippen LogP contribution in [0.15, 0.2) is 59.4 Å². The largest absolute Gasteiger partial charge is 0.388 e. The fraction of sp³-hybridized carbons (Fsp3) is 0.729. The van der Waals surface area contributed by atoms with E-state index in [1.807, 2.05) is 39.2 Å². The molecule has 0 aromatic carbocycles. The van der Waals surface area contributed by atoms with Gasteiger partial charge in [-0.05, 0) is 122 Å². The zero-order valence-electron chi connectivity index (χ0n) is 35.4. The Morgan fingerprint density at radius 1 is 0.981 bits per heavy atom. The Hall–Kier alpha value is -2.57. The Labute approximate surface area is 330 Å². The van der Waals surface area contributed by atoms with E-state index in [1.54, 1.807) is 0 Å². The predicted octanol–water partition coefficient (Wildman–Crippen LogP) is 11.4. The Bertz CT molecular complexity index is 1340. The Morgan fingerprint density at radius 3 is 2.50 bits per heavy atom. The number of hydrogen-bond donors (Lipinski definition) is 1. The van der Waals surface area contributed by atoms with E-state index in [0.29, 0.717) is 42.3 Å². The number of hydrogen-bond acceptors (Lipinski definition) is 6. The van der Waals surface area contributed by atoms with Crippen LogP contribution in [-0.4, -0.2) is 59.3 Å². The van der Waals surface area contributed by atoms with Gasteiger partial charge in [0.1, 0.15) is 11.6 Å². The highest BCUT2D eigenvalue weighted by Crippen LogP contribution is 2.46. The van der Waals surface area contributed by atoms with E-state index in [9.17, 15) is 19.5 Å². The fourth-order valence-electron chi connectivity index (χ4n) is 8.57. The van der Waals surface area contributed by atoms with Gasteiger partial charge in [-0.25, -0.2) is 0 Å². The van der Waals surface area contributed by atoms with Gasteiger partial charge in [0.2, 0.25) is 0 Å². The summed E-state index contributed by atoms with van der Waals surface area (Å²) < 4.78 is 5.54. The molecule has 7 unspecified atom stereocenters. The van der Waals surface area contributed by atoms with Crippen molar-refractivity contribution in [1.82, 2.24) is 4.90 Å². The van der Waals surface area contributed by atoms with Crippen molar-refractivity contribution in [3.8, 4) is 0 Å². The summed E-state index contributed by atoms with van der Waals surface area (Å²) in [6.45, 7) is 13.6. The average molecular weight is 748 g/mol. The smallest absolute Gasteiger partial charge is 0.188 e. The molecule has 0 spiro atoms. The summed E-state index contributed by atoms with van der Waals surface area (Å²) in [5.74, 6) is 1.61. The normalized spacial score (nSPS) is 25.9. The maximum atomic E-state index is 13.2. The number of aliphatic hydroxyl groups is 1. The van der Waals surface area contributed by atoms with Crippen LogP contribution in [0.1, 0.15) is 170 Å². The molecule has 1 N–H and O–H groups in total. The third kappa shape index (κ3) is 15.2. The highest BCUT2D eigenvalue weighted by Gasteiger charge is 2.48. The first-order valence-electron chi connectivity index (χ1n) is 21.8. The van der Waals surface area contributed by atoms with Crippen LogP contribution in [0.4, 0.5) is 0 Å². The third-order valence-electron chi connectivity index (χ3n) is 13.0. The Balaban J connectivity index is 1.22. The second-order valence-electron chi connectivity index (χ2n) is 17.5. The monoisotopic (exact) mass is 748 g/mol. The number of ether oxygens (including phenoxy) is 1. The second-order valence-corrected chi connectivity index (χ2v) is 17.5. The number of likely N-dealkylation sites (tertiary alicyclic amines) is 1. The van der Waals surface area contributed by atoms with Crippen molar-refractivity contribution in [3.05, 3.63) is 59.4 Å². The molecule has 0 aromatic heterocycles. The number of carbonyl (C=O) groups excluding carboxylic acids is 3. The molecular weight excluding hydrogens is 671 g/mol. The van der Waals surface area contributed by atoms with Crippen molar-refractivity contribution in [3.63, 3.8) is 0 Å². The summed E-state index contributed by atoms with van der Waals surface area (Å²) in [6.07, 6.45) is 34.1. The number of aliphatic hydroxyl groups excluding tert-OH is 1. The molecule has 3 rings (SSSR count). The van der Waals surface area contributed by atoms with Crippen molar-refractivity contribution in [2.45, 2.75) is 188 Å². The maximum Gasteiger partial charge on any atom is 0.188 e. The highest BCUT2D eigenvalue weighted by atomic mass is 16.5. The van der Waals surface area contributed by atoms with Crippen molar-refractivity contribution in [1.29, 1.82) is 0 Å². The molecule has 2 fully saturated rings. The molecule has 6 nitrogen and oxygen atoms in total. The molecule has 2 aliphatic carbocycles. The molecular formula is C48H77NO5. The van der Waals surface area contributed by atoms with Crippen LogP contribution < -0.4 is 0 Å². The second kappa shape index (κ2) is 24.1. The van der Waals surface area contributed by atoms with E-state index < -0.39 is 6.10 Å². The zero-order valence-corrected chi connectivity index (χ0v) is 35.4. The summed E-state index contributed by atoms with van der Waals surface area (Å²) in [4.78, 5) is 40.7. The first-order chi connectivity index (χ1) is 25.8. The lowest BCUT2D eigenvalue weighted by Gasteiger charge is -2.47. The summed E-state index contributed by atoms with van der Waals surface area (Å²) in [5, 5.41) is 10.6. The van der Waals surface area contributed by atoms with Gasteiger partial charge in [0.05, 0.1) is 23.3 Å². The number of Topliss-reactive ketones (excluding diaryl/α,β-unsaturated/α-hetero) is 3. The molecule has 3 aliphatic rings. The molecule has 0 bridgehead atoms. The lowest BCUT2D eigenvalue weighted by atomic mass is 9.64. The summed E-state index contributed by atoms with van der Waals surface area (Å²) in [6, 6.07) is 0.486. The van der Waals surface area contributed by atoms with Crippen LogP contribution in [0, 0.1) is 23.2 Å². The van der Waals surface area contributed by atoms with Gasteiger partial charge in [-0.2, -0.15) is 0 Å². The van der Waals surface area contributed by atoms with Crippen molar-refractivity contribution < 1.29 is 24.2 Å². The number of piperidine rings is 1. The summed E-state index contributed by atoms with van der Waals surface area (Å²) in [7, 11) is 1.81. The van der Waals surface area contributed by atoms with E-state index in [-0.39, 0.29) is 29.3 Å². The SMILES string of the molecule is COC1CCCC(CCCCC(=O)C/C=C(\C)C(O)CC(=O)C(C)CC/C=C/C=C/C=C(\C)CCCCCC(C)C2(C)C=C(N3CCCCC3C)C2=O)C1. The summed E-state index contributed by atoms with van der Waals surface area (Å²) in [5.41, 5.74) is 2.77. The minimum Gasteiger partial charge on any atom is -0.388 e. The maximum absolute atomic E-state index is 13.2. The average Bonchev–Trinajstić information content (AvgIpc) is 3.16. The first kappa shape index (κ1) is 45.8. The number of allylic oxidation sites excluding steroid dienone is 9. The highest BCUT2D eigenvalue weighted by molar-refractivity contribution is 6.07. The molecule has 7 atom stereocenters. The minimum atomic E-state index is -0.828. The van der Waals surface area contributed by atoms with E-state index in [0.717, 1.165) is 69.5 Å². The number of rotatable bonds is 25. The van der Waals surface area contributed by atoms with Crippen LogP contribution in [0.3, 0.4) is 0 Å². The third-order valence-corrected chi connectivity index (χ3v) is 13.0. The number of methoxy groups -OCH3 is 1. The number of ketones is 3. The molecule has 6 heteroatoms. The molecule has 0 radical (unpaired) electrons. The zero-order chi connectivity index (χ0) is 39.5. The molecule has 1 saturated carbocycles. The van der Waals surface area contributed by atoms with Crippen molar-refractivity contribution in [2.24, 2.45) is 23.2 Å². The Morgan fingerprint density at radius 2 is 1.76 bits per heavy atom. The lowest BCUT2D eigenvalue weighted by molar-refractivity contribution is -0.130. The van der Waals surface area contributed by atoms with Gasteiger partial charge in [-0.3, -0.25) is 14.4 Å². The molecule has 304 valence electrons. The van der Waals surface area contributed by atoms with Crippen LogP contribution in [0.5, 0.6) is 0 Å². The number of unbranched alkanes of at least 4 members (excludes halogenated alkanes) is 3. The van der Waals surface area contributed by atoms with Crippen LogP contribution in [-0.2, 0) is 19.1 Å². The predicted molar refractivity (Wildman–Crippen MR) is 224 cm³/mol. The fourth-order valence-corrected chi connectivity index (χ4v) is 8.57. The summed E-state index contributed by atoms with van der Waals surface area (Å²) >= 11 is 0. The van der Waals surface area contributed by atoms with Gasteiger partial charge in [0.25, 0.3) is 0 Å². The van der Waals surface area contributed by atoms with Crippen LogP contribution in [0.2, 0.25) is 0 Å². The molecule has 1 saturated heterocycles. The first-order valence-corrected chi connectivity index (χ1v) is 21.8. The molecule has 54 heavy (non-hydrogen) atoms. The number of carbonyl (C=O) groups is 3. The number of nitrogens with zero attached hydrogens (tertiary/aromatic N) is 1. The molecule has 0 aromatic rings. The van der Waals surface area contributed by atoms with Gasteiger partial charge in [0.15, 0.2) is 5.78 Å². The van der Waals surface area contributed by atoms with E-state index in [4.69, 9.17) is 4.74 Å². The topological polar surface area (TPSA) is 83.9 Å². The minimum absolute atomic E-state index is 0.0659. The Kier molecular flexibility index (Phi) is 20.5. The van der Waals surface area contributed by atoms with E-state index in [2.05, 4.69) is 56.9 Å². The van der Waals surface area contributed by atoms with Gasteiger partial charge < -0.3 is 14.7 Å². The van der Waals surface area contributed by atoms with Crippen LogP contribution in [0.25, 0.3) is 0 Å². The van der Waals surface area contributed by atoms with E-state index >= 15 is 0 Å². The molecule has 1 heterocycles. The van der Waals surface area contributed by atoms with Gasteiger partial charge in [-0.15, -0.1) is 0 Å². The van der Waals surface area contributed by atoms with E-state index in [1.165, 1.54) is 63.4 Å². The molecule has 0 amide bonds. The van der Waals surface area contributed by atoms with Crippen LogP contribution >= 0.6 is 0 Å². The van der Waals surface area contributed by atoms with Crippen molar-refractivity contribution in [2.75, 3.05) is 13.7 Å². The standard InChI is InChI=1S/C48H77NO5/c1-36(22-13-11-15-24-39(4)48(6)35-44(47(48)53)49-32-19-18-25-40(49)5)21-12-9-8-10-14-23-37(2)45(51)34-46(52)38(3)30-31-42(50)28-17-16-26-41-27-20-29-43(33-41)54-7/h8-10,12,21,30,35,37,39-41,43,46,52H,11,13-20,22-29,31-34H2,1-7H3/b10-8+,12-9+,36-21+,38-30+.